The van der Waals surface area contributed by atoms with Crippen LogP contribution in [0.25, 0.3) is 0 Å². The lowest BCUT2D eigenvalue weighted by Gasteiger charge is -2.02. The van der Waals surface area contributed by atoms with Gasteiger partial charge in [-0.1, -0.05) is 40.5 Å². The molecule has 1 atom stereocenters. The minimum atomic E-state index is -0.342. The number of hydrogen-bond donors (Lipinski definition) is 1. The molecule has 2 heterocycles. The van der Waals surface area contributed by atoms with Crippen LogP contribution in [0.15, 0.2) is 40.2 Å². The Kier molecular flexibility index (Phi) is 3.86. The van der Waals surface area contributed by atoms with E-state index in [2.05, 4.69) is 42.2 Å². The molecule has 21 heavy (non-hydrogen) atoms. The molecule has 5 heteroatoms. The lowest BCUT2D eigenvalue weighted by molar-refractivity contribution is 0.364. The van der Waals surface area contributed by atoms with E-state index in [1.807, 2.05) is 17.5 Å². The molecule has 0 radical (unpaired) electrons. The summed E-state index contributed by atoms with van der Waals surface area (Å²) in [7, 11) is 0. The molecular formula is C16H17N3OS. The Labute approximate surface area is 127 Å². The monoisotopic (exact) mass is 299 g/mol. The van der Waals surface area contributed by atoms with Crippen LogP contribution in [0.2, 0.25) is 0 Å². The molecule has 3 aromatic rings. The fourth-order valence-electron chi connectivity index (χ4n) is 2.41. The van der Waals surface area contributed by atoms with Gasteiger partial charge in [-0.3, -0.25) is 0 Å². The first kappa shape index (κ1) is 14.0. The zero-order valence-electron chi connectivity index (χ0n) is 12.0. The standard InChI is InChI=1S/C16H17N3OS/c1-10-6-11(2)8-12(7-10)9-14-18-16(20-19-14)15(17)13-4-3-5-21-13/h3-8,15H,9,17H2,1-2H3. The molecule has 1 aromatic carbocycles. The number of rotatable bonds is 4. The summed E-state index contributed by atoms with van der Waals surface area (Å²) in [5.41, 5.74) is 9.79. The van der Waals surface area contributed by atoms with E-state index in [4.69, 9.17) is 10.3 Å². The van der Waals surface area contributed by atoms with Crippen LogP contribution in [0, 0.1) is 13.8 Å². The van der Waals surface area contributed by atoms with Crippen molar-refractivity contribution in [2.24, 2.45) is 5.73 Å². The number of hydrogen-bond acceptors (Lipinski definition) is 5. The van der Waals surface area contributed by atoms with E-state index >= 15 is 0 Å². The van der Waals surface area contributed by atoms with Gasteiger partial charge in [0.1, 0.15) is 6.04 Å². The summed E-state index contributed by atoms with van der Waals surface area (Å²) in [6.07, 6.45) is 0.656. The lowest BCUT2D eigenvalue weighted by Crippen LogP contribution is -2.10. The molecule has 1 unspecified atom stereocenters. The van der Waals surface area contributed by atoms with Gasteiger partial charge in [0, 0.05) is 11.3 Å². The Morgan fingerprint density at radius 2 is 2.00 bits per heavy atom. The van der Waals surface area contributed by atoms with Crippen LogP contribution in [-0.4, -0.2) is 10.1 Å². The maximum absolute atomic E-state index is 6.13. The van der Waals surface area contributed by atoms with Gasteiger partial charge < -0.3 is 10.3 Å². The van der Waals surface area contributed by atoms with Crippen LogP contribution in [0.3, 0.4) is 0 Å². The maximum atomic E-state index is 6.13. The predicted octanol–water partition coefficient (Wildman–Crippen LogP) is 3.39. The summed E-state index contributed by atoms with van der Waals surface area (Å²) < 4.78 is 5.30. The van der Waals surface area contributed by atoms with E-state index < -0.39 is 0 Å². The Hall–Kier alpha value is -1.98. The highest BCUT2D eigenvalue weighted by atomic mass is 32.1. The summed E-state index contributed by atoms with van der Waals surface area (Å²) in [4.78, 5) is 5.45. The molecule has 0 saturated carbocycles. The van der Waals surface area contributed by atoms with Crippen molar-refractivity contribution < 1.29 is 4.52 Å². The van der Waals surface area contributed by atoms with Gasteiger partial charge in [-0.05, 0) is 30.9 Å². The first-order valence-electron chi connectivity index (χ1n) is 6.80. The van der Waals surface area contributed by atoms with E-state index in [9.17, 15) is 0 Å². The molecule has 0 aliphatic rings. The molecule has 0 spiro atoms. The average Bonchev–Trinajstić information content (AvgIpc) is 3.07. The number of aryl methyl sites for hydroxylation is 2. The van der Waals surface area contributed by atoms with E-state index in [1.165, 1.54) is 16.7 Å². The Morgan fingerprint density at radius 3 is 2.67 bits per heavy atom. The quantitative estimate of drug-likeness (QED) is 0.802. The predicted molar refractivity (Wildman–Crippen MR) is 83.4 cm³/mol. The molecule has 4 nitrogen and oxygen atoms in total. The van der Waals surface area contributed by atoms with Crippen LogP contribution in [0.4, 0.5) is 0 Å². The topological polar surface area (TPSA) is 64.9 Å². The smallest absolute Gasteiger partial charge is 0.248 e. The molecule has 3 rings (SSSR count). The fourth-order valence-corrected chi connectivity index (χ4v) is 3.13. The third-order valence-corrected chi connectivity index (χ3v) is 4.20. The van der Waals surface area contributed by atoms with Crippen molar-refractivity contribution in [2.75, 3.05) is 0 Å². The summed E-state index contributed by atoms with van der Waals surface area (Å²) in [6.45, 7) is 4.18. The normalized spacial score (nSPS) is 12.5. The number of thiophene rings is 1. The Bertz CT molecular complexity index is 714. The number of benzene rings is 1. The van der Waals surface area contributed by atoms with Crippen molar-refractivity contribution in [3.63, 3.8) is 0 Å². The molecule has 0 saturated heterocycles. The third kappa shape index (κ3) is 3.20. The van der Waals surface area contributed by atoms with Crippen molar-refractivity contribution in [2.45, 2.75) is 26.3 Å². The molecule has 0 aliphatic heterocycles. The van der Waals surface area contributed by atoms with Gasteiger partial charge >= 0.3 is 0 Å². The van der Waals surface area contributed by atoms with Gasteiger partial charge in [0.15, 0.2) is 5.82 Å². The SMILES string of the molecule is Cc1cc(C)cc(Cc2noc(C(N)c3cccs3)n2)c1. The summed E-state index contributed by atoms with van der Waals surface area (Å²) in [5.74, 6) is 1.14. The lowest BCUT2D eigenvalue weighted by atomic mass is 10.1. The molecular weight excluding hydrogens is 282 g/mol. The molecule has 0 aliphatic carbocycles. The summed E-state index contributed by atoms with van der Waals surface area (Å²) in [6, 6.07) is 10.0. The van der Waals surface area contributed by atoms with Crippen LogP contribution >= 0.6 is 11.3 Å². The summed E-state index contributed by atoms with van der Waals surface area (Å²) >= 11 is 1.59. The molecule has 0 bridgehead atoms. The number of nitrogens with zero attached hydrogens (tertiary/aromatic N) is 2. The van der Waals surface area contributed by atoms with E-state index in [0.29, 0.717) is 18.1 Å². The minimum absolute atomic E-state index is 0.342. The zero-order valence-corrected chi connectivity index (χ0v) is 12.9. The van der Waals surface area contributed by atoms with Crippen LogP contribution in [0.1, 0.15) is 39.3 Å². The third-order valence-electron chi connectivity index (χ3n) is 3.24. The second-order valence-corrected chi connectivity index (χ2v) is 6.19. The van der Waals surface area contributed by atoms with E-state index in [1.54, 1.807) is 11.3 Å². The highest BCUT2D eigenvalue weighted by Crippen LogP contribution is 2.22. The number of aromatic nitrogens is 2. The fraction of sp³-hybridized carbons (Fsp3) is 0.250. The molecule has 2 N–H and O–H groups in total. The van der Waals surface area contributed by atoms with Crippen LogP contribution in [-0.2, 0) is 6.42 Å². The van der Waals surface area contributed by atoms with Gasteiger partial charge in [-0.25, -0.2) is 0 Å². The second kappa shape index (κ2) is 5.79. The highest BCUT2D eigenvalue weighted by molar-refractivity contribution is 7.10. The molecule has 2 aromatic heterocycles. The van der Waals surface area contributed by atoms with Crippen molar-refractivity contribution in [3.05, 3.63) is 69.0 Å². The largest absolute Gasteiger partial charge is 0.337 e. The first-order valence-corrected chi connectivity index (χ1v) is 7.68. The van der Waals surface area contributed by atoms with Crippen molar-refractivity contribution in [3.8, 4) is 0 Å². The number of nitrogens with two attached hydrogens (primary N) is 1. The Balaban J connectivity index is 1.79. The van der Waals surface area contributed by atoms with E-state index in [-0.39, 0.29) is 6.04 Å². The van der Waals surface area contributed by atoms with Crippen molar-refractivity contribution in [1.29, 1.82) is 0 Å². The Morgan fingerprint density at radius 1 is 1.24 bits per heavy atom. The van der Waals surface area contributed by atoms with Gasteiger partial charge in [0.2, 0.25) is 5.89 Å². The first-order chi connectivity index (χ1) is 10.1. The van der Waals surface area contributed by atoms with Gasteiger partial charge in [0.25, 0.3) is 0 Å². The molecule has 0 amide bonds. The summed E-state index contributed by atoms with van der Waals surface area (Å²) in [5, 5.41) is 6.03. The van der Waals surface area contributed by atoms with Crippen LogP contribution in [0.5, 0.6) is 0 Å². The highest BCUT2D eigenvalue weighted by Gasteiger charge is 2.17. The zero-order chi connectivity index (χ0) is 14.8. The molecule has 0 fully saturated rings. The maximum Gasteiger partial charge on any atom is 0.248 e. The minimum Gasteiger partial charge on any atom is -0.337 e. The molecule has 108 valence electrons. The van der Waals surface area contributed by atoms with Gasteiger partial charge in [-0.15, -0.1) is 11.3 Å². The van der Waals surface area contributed by atoms with Gasteiger partial charge in [-0.2, -0.15) is 4.98 Å². The van der Waals surface area contributed by atoms with Crippen molar-refractivity contribution >= 4 is 11.3 Å². The second-order valence-electron chi connectivity index (χ2n) is 5.21. The van der Waals surface area contributed by atoms with Crippen LogP contribution < -0.4 is 5.73 Å². The van der Waals surface area contributed by atoms with Gasteiger partial charge in [0.05, 0.1) is 0 Å². The average molecular weight is 299 g/mol. The van der Waals surface area contributed by atoms with E-state index in [0.717, 1.165) is 4.88 Å². The van der Waals surface area contributed by atoms with Crippen molar-refractivity contribution in [1.82, 2.24) is 10.1 Å².